The number of rotatable bonds is 6. The summed E-state index contributed by atoms with van der Waals surface area (Å²) < 4.78 is 5.00. The van der Waals surface area contributed by atoms with Crippen LogP contribution in [0.1, 0.15) is 17.3 Å². The molecule has 0 spiro atoms. The number of hydrogen-bond donors (Lipinski definition) is 1. The maximum absolute atomic E-state index is 10.8. The van der Waals surface area contributed by atoms with Crippen molar-refractivity contribution in [3.8, 4) is 0 Å². The lowest BCUT2D eigenvalue weighted by molar-refractivity contribution is 0.112. The van der Waals surface area contributed by atoms with E-state index in [4.69, 9.17) is 16.3 Å². The second-order valence-electron chi connectivity index (χ2n) is 3.49. The number of carbonyl (C=O) groups excluding carboxylic acids is 1. The van der Waals surface area contributed by atoms with Gasteiger partial charge in [-0.05, 0) is 5.92 Å². The average Bonchev–Trinajstić information content (AvgIpc) is 2.27. The van der Waals surface area contributed by atoms with Crippen molar-refractivity contribution in [2.75, 3.05) is 25.6 Å². The van der Waals surface area contributed by atoms with Crippen molar-refractivity contribution in [3.63, 3.8) is 0 Å². The predicted molar refractivity (Wildman–Crippen MR) is 62.0 cm³/mol. The Bertz CT molecular complexity index is 360. The fourth-order valence-corrected chi connectivity index (χ4v) is 1.41. The lowest BCUT2D eigenvalue weighted by Gasteiger charge is -2.12. The first-order valence-electron chi connectivity index (χ1n) is 4.87. The first-order valence-corrected chi connectivity index (χ1v) is 5.25. The molecule has 0 aliphatic heterocycles. The van der Waals surface area contributed by atoms with Crippen LogP contribution >= 0.6 is 11.6 Å². The summed E-state index contributed by atoms with van der Waals surface area (Å²) in [7, 11) is 1.65. The number of aromatic nitrogens is 2. The SMILES string of the molecule is COCC(C)CNc1ncnc(Cl)c1C=O. The molecule has 0 radical (unpaired) electrons. The quantitative estimate of drug-likeness (QED) is 0.608. The van der Waals surface area contributed by atoms with E-state index in [0.29, 0.717) is 31.2 Å². The van der Waals surface area contributed by atoms with Gasteiger partial charge in [-0.2, -0.15) is 0 Å². The Balaban J connectivity index is 2.66. The molecule has 16 heavy (non-hydrogen) atoms. The molecule has 1 aromatic rings. The molecule has 88 valence electrons. The van der Waals surface area contributed by atoms with Crippen LogP contribution in [0.4, 0.5) is 5.82 Å². The van der Waals surface area contributed by atoms with E-state index in [-0.39, 0.29) is 10.7 Å². The van der Waals surface area contributed by atoms with Crippen LogP contribution in [0.15, 0.2) is 6.33 Å². The third-order valence-corrected chi connectivity index (χ3v) is 2.32. The second kappa shape index (κ2) is 6.40. The van der Waals surface area contributed by atoms with Gasteiger partial charge in [-0.1, -0.05) is 18.5 Å². The summed E-state index contributed by atoms with van der Waals surface area (Å²) in [6.45, 7) is 3.32. The lowest BCUT2D eigenvalue weighted by Crippen LogP contribution is -2.17. The Labute approximate surface area is 99.2 Å². The van der Waals surface area contributed by atoms with Crippen molar-refractivity contribution in [2.45, 2.75) is 6.92 Å². The minimum atomic E-state index is 0.159. The topological polar surface area (TPSA) is 64.1 Å². The monoisotopic (exact) mass is 243 g/mol. The number of methoxy groups -OCH3 is 1. The summed E-state index contributed by atoms with van der Waals surface area (Å²) in [5.74, 6) is 0.774. The molecule has 0 aromatic carbocycles. The Morgan fingerprint density at radius 3 is 3.00 bits per heavy atom. The van der Waals surface area contributed by atoms with Crippen molar-refractivity contribution >= 4 is 23.7 Å². The molecule has 1 unspecified atom stereocenters. The van der Waals surface area contributed by atoms with Crippen molar-refractivity contribution in [2.24, 2.45) is 5.92 Å². The van der Waals surface area contributed by atoms with Crippen LogP contribution in [-0.4, -0.2) is 36.5 Å². The predicted octanol–water partition coefficient (Wildman–Crippen LogP) is 1.64. The number of anilines is 1. The van der Waals surface area contributed by atoms with Gasteiger partial charge in [0, 0.05) is 13.7 Å². The van der Waals surface area contributed by atoms with Crippen molar-refractivity contribution in [3.05, 3.63) is 17.0 Å². The molecule has 0 aliphatic rings. The molecule has 1 rings (SSSR count). The van der Waals surface area contributed by atoms with E-state index in [2.05, 4.69) is 15.3 Å². The van der Waals surface area contributed by atoms with Gasteiger partial charge >= 0.3 is 0 Å². The van der Waals surface area contributed by atoms with Crippen LogP contribution in [0.25, 0.3) is 0 Å². The molecule has 0 amide bonds. The van der Waals surface area contributed by atoms with Gasteiger partial charge in [-0.15, -0.1) is 0 Å². The van der Waals surface area contributed by atoms with Gasteiger partial charge < -0.3 is 10.1 Å². The summed E-state index contributed by atoms with van der Waals surface area (Å²) in [5, 5.41) is 3.20. The third-order valence-electron chi connectivity index (χ3n) is 2.02. The number of nitrogens with one attached hydrogen (secondary N) is 1. The Morgan fingerprint density at radius 1 is 1.62 bits per heavy atom. The average molecular weight is 244 g/mol. The zero-order valence-electron chi connectivity index (χ0n) is 9.24. The summed E-state index contributed by atoms with van der Waals surface area (Å²) in [6, 6.07) is 0. The van der Waals surface area contributed by atoms with Crippen molar-refractivity contribution in [1.29, 1.82) is 0 Å². The zero-order valence-corrected chi connectivity index (χ0v) is 9.99. The summed E-state index contributed by atoms with van der Waals surface area (Å²) in [4.78, 5) is 18.5. The number of aldehydes is 1. The largest absolute Gasteiger partial charge is 0.384 e. The molecular formula is C10H14ClN3O2. The van der Waals surface area contributed by atoms with E-state index in [1.807, 2.05) is 6.92 Å². The van der Waals surface area contributed by atoms with Gasteiger partial charge in [0.1, 0.15) is 17.3 Å². The highest BCUT2D eigenvalue weighted by molar-refractivity contribution is 6.32. The smallest absolute Gasteiger partial charge is 0.156 e. The molecule has 5 nitrogen and oxygen atoms in total. The molecular weight excluding hydrogens is 230 g/mol. The number of carbonyl (C=O) groups is 1. The van der Waals surface area contributed by atoms with Gasteiger partial charge in [0.05, 0.1) is 12.2 Å². The van der Waals surface area contributed by atoms with Crippen molar-refractivity contribution in [1.82, 2.24) is 9.97 Å². The van der Waals surface area contributed by atoms with Gasteiger partial charge in [-0.3, -0.25) is 4.79 Å². The molecule has 0 fully saturated rings. The Hall–Kier alpha value is -1.20. The number of hydrogen-bond acceptors (Lipinski definition) is 5. The van der Waals surface area contributed by atoms with E-state index in [0.717, 1.165) is 0 Å². The molecule has 1 atom stereocenters. The lowest BCUT2D eigenvalue weighted by atomic mass is 10.2. The fraction of sp³-hybridized carbons (Fsp3) is 0.500. The molecule has 0 aliphatic carbocycles. The van der Waals surface area contributed by atoms with Gasteiger partial charge in [0.25, 0.3) is 0 Å². The van der Waals surface area contributed by atoms with E-state index in [1.54, 1.807) is 7.11 Å². The zero-order chi connectivity index (χ0) is 12.0. The molecule has 1 N–H and O–H groups in total. The van der Waals surface area contributed by atoms with Crippen molar-refractivity contribution < 1.29 is 9.53 Å². The van der Waals surface area contributed by atoms with E-state index >= 15 is 0 Å². The maximum atomic E-state index is 10.8. The van der Waals surface area contributed by atoms with E-state index in [9.17, 15) is 4.79 Å². The third kappa shape index (κ3) is 3.43. The summed E-state index contributed by atoms with van der Waals surface area (Å²) >= 11 is 5.76. The first kappa shape index (κ1) is 12.9. The highest BCUT2D eigenvalue weighted by Crippen LogP contribution is 2.17. The van der Waals surface area contributed by atoms with Crippen LogP contribution in [-0.2, 0) is 4.74 Å². The van der Waals surface area contributed by atoms with Crippen LogP contribution in [0.3, 0.4) is 0 Å². The summed E-state index contributed by atoms with van der Waals surface area (Å²) in [6.07, 6.45) is 1.96. The van der Waals surface area contributed by atoms with Crippen LogP contribution in [0.5, 0.6) is 0 Å². The van der Waals surface area contributed by atoms with Crippen LogP contribution < -0.4 is 5.32 Å². The molecule has 1 aromatic heterocycles. The highest BCUT2D eigenvalue weighted by Gasteiger charge is 2.09. The molecule has 0 bridgehead atoms. The fourth-order valence-electron chi connectivity index (χ4n) is 1.23. The van der Waals surface area contributed by atoms with E-state index in [1.165, 1.54) is 6.33 Å². The maximum Gasteiger partial charge on any atom is 0.156 e. The number of halogens is 1. The van der Waals surface area contributed by atoms with Crippen LogP contribution in [0, 0.1) is 5.92 Å². The van der Waals surface area contributed by atoms with Gasteiger partial charge in [0.15, 0.2) is 6.29 Å². The van der Waals surface area contributed by atoms with Gasteiger partial charge in [0.2, 0.25) is 0 Å². The molecule has 6 heteroatoms. The molecule has 1 heterocycles. The molecule has 0 saturated heterocycles. The molecule has 0 saturated carbocycles. The normalized spacial score (nSPS) is 12.2. The van der Waals surface area contributed by atoms with E-state index < -0.39 is 0 Å². The Morgan fingerprint density at radius 2 is 2.38 bits per heavy atom. The second-order valence-corrected chi connectivity index (χ2v) is 3.84. The first-order chi connectivity index (χ1) is 7.69. The van der Waals surface area contributed by atoms with Crippen LogP contribution in [0.2, 0.25) is 5.15 Å². The minimum Gasteiger partial charge on any atom is -0.384 e. The number of ether oxygens (including phenoxy) is 1. The highest BCUT2D eigenvalue weighted by atomic mass is 35.5. The minimum absolute atomic E-state index is 0.159. The number of nitrogens with zero attached hydrogens (tertiary/aromatic N) is 2. The summed E-state index contributed by atoms with van der Waals surface area (Å²) in [5.41, 5.74) is 0.286. The van der Waals surface area contributed by atoms with Gasteiger partial charge in [-0.25, -0.2) is 9.97 Å². The Kier molecular flexibility index (Phi) is 5.14. The standard InChI is InChI=1S/C10H14ClN3O2/c1-7(5-16-2)3-12-10-8(4-15)9(11)13-6-14-10/h4,6-7H,3,5H2,1-2H3,(H,12,13,14).